The van der Waals surface area contributed by atoms with Gasteiger partial charge in [-0.25, -0.2) is 0 Å². The van der Waals surface area contributed by atoms with Gasteiger partial charge in [0, 0.05) is 19.8 Å². The number of carbonyl (C=O) groups excluding carboxylic acids is 1. The normalized spacial score (nSPS) is 19.5. The summed E-state index contributed by atoms with van der Waals surface area (Å²) in [4.78, 5) is 11.8. The summed E-state index contributed by atoms with van der Waals surface area (Å²) in [5, 5.41) is 10.3. The van der Waals surface area contributed by atoms with E-state index in [1.165, 1.54) is 0 Å². The molecule has 1 aromatic rings. The van der Waals surface area contributed by atoms with Crippen LogP contribution in [0.15, 0.2) is 12.3 Å². The first kappa shape index (κ1) is 14.0. The number of carbonyl (C=O) groups is 1. The van der Waals surface area contributed by atoms with E-state index in [2.05, 4.69) is 15.7 Å². The molecule has 1 aromatic heterocycles. The largest absolute Gasteiger partial charge is 0.350 e. The molecule has 96 valence electrons. The third-order valence-electron chi connectivity index (χ3n) is 3.03. The summed E-state index contributed by atoms with van der Waals surface area (Å²) in [7, 11) is 1.88. The maximum absolute atomic E-state index is 11.8. The second-order valence-corrected chi connectivity index (χ2v) is 4.21. The molecule has 0 spiro atoms. The van der Waals surface area contributed by atoms with E-state index in [-0.39, 0.29) is 24.2 Å². The molecule has 2 heterocycles. The molecule has 0 bridgehead atoms. The number of halogens is 1. The molecular formula is C11H19ClN4O. The highest BCUT2D eigenvalue weighted by atomic mass is 35.5. The second-order valence-electron chi connectivity index (χ2n) is 4.21. The summed E-state index contributed by atoms with van der Waals surface area (Å²) in [6, 6.07) is 1.92. The molecule has 1 aliphatic rings. The standard InChI is InChI=1S/C11H18N4O.ClH/c1-15-10(4-6-14-15)8-13-11(16)9-3-2-5-12-7-9;/h4,6,9,12H,2-3,5,7-8H2,1H3,(H,13,16);1H/t9-;/m1./s1. The van der Waals surface area contributed by atoms with Gasteiger partial charge in [-0.05, 0) is 25.5 Å². The lowest BCUT2D eigenvalue weighted by atomic mass is 9.99. The van der Waals surface area contributed by atoms with Crippen LogP contribution in [0.5, 0.6) is 0 Å². The zero-order valence-corrected chi connectivity index (χ0v) is 10.8. The molecule has 17 heavy (non-hydrogen) atoms. The number of aryl methyl sites for hydroxylation is 1. The maximum Gasteiger partial charge on any atom is 0.224 e. The van der Waals surface area contributed by atoms with E-state index < -0.39 is 0 Å². The minimum atomic E-state index is 0. The van der Waals surface area contributed by atoms with E-state index in [4.69, 9.17) is 0 Å². The molecule has 1 amide bonds. The van der Waals surface area contributed by atoms with Crippen molar-refractivity contribution < 1.29 is 4.79 Å². The Hall–Kier alpha value is -1.07. The first-order chi connectivity index (χ1) is 7.77. The molecule has 0 aliphatic carbocycles. The maximum atomic E-state index is 11.8. The Morgan fingerprint density at radius 2 is 2.53 bits per heavy atom. The van der Waals surface area contributed by atoms with Gasteiger partial charge in [-0.15, -0.1) is 12.4 Å². The predicted octanol–water partition coefficient (Wildman–Crippen LogP) is 0.458. The Bertz CT molecular complexity index is 360. The van der Waals surface area contributed by atoms with E-state index in [0.717, 1.165) is 31.6 Å². The highest BCUT2D eigenvalue weighted by molar-refractivity contribution is 5.85. The number of nitrogens with zero attached hydrogens (tertiary/aromatic N) is 2. The zero-order chi connectivity index (χ0) is 11.4. The van der Waals surface area contributed by atoms with Gasteiger partial charge < -0.3 is 10.6 Å². The van der Waals surface area contributed by atoms with Crippen LogP contribution in [-0.2, 0) is 18.4 Å². The number of amides is 1. The van der Waals surface area contributed by atoms with Gasteiger partial charge in [-0.3, -0.25) is 9.48 Å². The summed E-state index contributed by atoms with van der Waals surface area (Å²) in [5.74, 6) is 0.273. The molecule has 1 fully saturated rings. The van der Waals surface area contributed by atoms with Crippen molar-refractivity contribution in [1.29, 1.82) is 0 Å². The Morgan fingerprint density at radius 1 is 1.71 bits per heavy atom. The predicted molar refractivity (Wildman–Crippen MR) is 67.9 cm³/mol. The van der Waals surface area contributed by atoms with E-state index in [1.54, 1.807) is 10.9 Å². The van der Waals surface area contributed by atoms with Gasteiger partial charge >= 0.3 is 0 Å². The highest BCUT2D eigenvalue weighted by Crippen LogP contribution is 2.09. The van der Waals surface area contributed by atoms with Crippen molar-refractivity contribution in [3.05, 3.63) is 18.0 Å². The molecular weight excluding hydrogens is 240 g/mol. The van der Waals surface area contributed by atoms with Crippen molar-refractivity contribution in [3.8, 4) is 0 Å². The number of aromatic nitrogens is 2. The van der Waals surface area contributed by atoms with Gasteiger partial charge in [0.15, 0.2) is 0 Å². The topological polar surface area (TPSA) is 59.0 Å². The molecule has 2 rings (SSSR count). The summed E-state index contributed by atoms with van der Waals surface area (Å²) in [6.07, 6.45) is 3.82. The average molecular weight is 259 g/mol. The molecule has 1 atom stereocenters. The molecule has 1 aliphatic heterocycles. The molecule has 6 heteroatoms. The van der Waals surface area contributed by atoms with Crippen LogP contribution in [0, 0.1) is 5.92 Å². The van der Waals surface area contributed by atoms with Crippen LogP contribution >= 0.6 is 12.4 Å². The zero-order valence-electron chi connectivity index (χ0n) is 9.98. The molecule has 0 saturated carbocycles. The van der Waals surface area contributed by atoms with Crippen LogP contribution in [0.25, 0.3) is 0 Å². The van der Waals surface area contributed by atoms with Crippen molar-refractivity contribution in [2.45, 2.75) is 19.4 Å². The molecule has 1 saturated heterocycles. The van der Waals surface area contributed by atoms with Crippen molar-refractivity contribution in [3.63, 3.8) is 0 Å². The van der Waals surface area contributed by atoms with Gasteiger partial charge in [0.25, 0.3) is 0 Å². The van der Waals surface area contributed by atoms with E-state index >= 15 is 0 Å². The van der Waals surface area contributed by atoms with Crippen molar-refractivity contribution >= 4 is 18.3 Å². The van der Waals surface area contributed by atoms with Crippen LogP contribution < -0.4 is 10.6 Å². The minimum Gasteiger partial charge on any atom is -0.350 e. The summed E-state index contributed by atoms with van der Waals surface area (Å²) >= 11 is 0. The Kier molecular flexibility index (Phi) is 5.44. The van der Waals surface area contributed by atoms with Crippen LogP contribution in [-0.4, -0.2) is 28.8 Å². The number of rotatable bonds is 3. The quantitative estimate of drug-likeness (QED) is 0.828. The smallest absolute Gasteiger partial charge is 0.224 e. The average Bonchev–Trinajstić information content (AvgIpc) is 2.73. The number of hydrogen-bond acceptors (Lipinski definition) is 3. The summed E-state index contributed by atoms with van der Waals surface area (Å²) in [6.45, 7) is 2.40. The SMILES string of the molecule is Cl.Cn1nccc1CNC(=O)[C@@H]1CCCNC1. The van der Waals surface area contributed by atoms with Crippen LogP contribution in [0.1, 0.15) is 18.5 Å². The van der Waals surface area contributed by atoms with Crippen LogP contribution in [0.4, 0.5) is 0 Å². The van der Waals surface area contributed by atoms with Gasteiger partial charge in [0.2, 0.25) is 5.91 Å². The highest BCUT2D eigenvalue weighted by Gasteiger charge is 2.20. The summed E-state index contributed by atoms with van der Waals surface area (Å²) < 4.78 is 1.78. The van der Waals surface area contributed by atoms with Crippen molar-refractivity contribution in [1.82, 2.24) is 20.4 Å². The van der Waals surface area contributed by atoms with E-state index in [1.807, 2.05) is 13.1 Å². The van der Waals surface area contributed by atoms with E-state index in [9.17, 15) is 4.79 Å². The first-order valence-electron chi connectivity index (χ1n) is 5.72. The first-order valence-corrected chi connectivity index (χ1v) is 5.72. The lowest BCUT2D eigenvalue weighted by molar-refractivity contribution is -0.125. The van der Waals surface area contributed by atoms with Crippen molar-refractivity contribution in [2.24, 2.45) is 13.0 Å². The third-order valence-corrected chi connectivity index (χ3v) is 3.03. The monoisotopic (exact) mass is 258 g/mol. The van der Waals surface area contributed by atoms with Crippen molar-refractivity contribution in [2.75, 3.05) is 13.1 Å². The Balaban J connectivity index is 0.00000144. The number of hydrogen-bond donors (Lipinski definition) is 2. The van der Waals surface area contributed by atoms with Crippen LogP contribution in [0.2, 0.25) is 0 Å². The molecule has 0 unspecified atom stereocenters. The molecule has 5 nitrogen and oxygen atoms in total. The number of nitrogens with one attached hydrogen (secondary N) is 2. The summed E-state index contributed by atoms with van der Waals surface area (Å²) in [5.41, 5.74) is 1.03. The third kappa shape index (κ3) is 3.71. The Morgan fingerprint density at radius 3 is 3.12 bits per heavy atom. The number of piperidine rings is 1. The van der Waals surface area contributed by atoms with E-state index in [0.29, 0.717) is 6.54 Å². The molecule has 2 N–H and O–H groups in total. The second kappa shape index (κ2) is 6.61. The van der Waals surface area contributed by atoms with Gasteiger partial charge in [0.1, 0.15) is 0 Å². The van der Waals surface area contributed by atoms with Crippen LogP contribution in [0.3, 0.4) is 0 Å². The molecule has 0 radical (unpaired) electrons. The van der Waals surface area contributed by atoms with Gasteiger partial charge in [-0.2, -0.15) is 5.10 Å². The molecule has 0 aromatic carbocycles. The fourth-order valence-corrected chi connectivity index (χ4v) is 1.97. The Labute approximate surface area is 107 Å². The fraction of sp³-hybridized carbons (Fsp3) is 0.636. The lowest BCUT2D eigenvalue weighted by Gasteiger charge is -2.21. The lowest BCUT2D eigenvalue weighted by Crippen LogP contribution is -2.40. The van der Waals surface area contributed by atoms with Gasteiger partial charge in [-0.1, -0.05) is 0 Å². The van der Waals surface area contributed by atoms with Gasteiger partial charge in [0.05, 0.1) is 18.2 Å². The fourth-order valence-electron chi connectivity index (χ4n) is 1.97. The minimum absolute atomic E-state index is 0.